The maximum atomic E-state index is 11.8. The van der Waals surface area contributed by atoms with Gasteiger partial charge >= 0.3 is 0 Å². The van der Waals surface area contributed by atoms with E-state index in [0.717, 1.165) is 36.6 Å². The highest BCUT2D eigenvalue weighted by Crippen LogP contribution is 2.23. The van der Waals surface area contributed by atoms with E-state index in [0.29, 0.717) is 18.9 Å². The molecule has 3 nitrogen and oxygen atoms in total. The van der Waals surface area contributed by atoms with Crippen molar-refractivity contribution in [1.29, 1.82) is 0 Å². The number of aliphatic hydroxyl groups is 1. The molecule has 1 aromatic rings. The van der Waals surface area contributed by atoms with Crippen LogP contribution in [-0.2, 0) is 11.2 Å². The highest BCUT2D eigenvalue weighted by atomic mass is 79.9. The van der Waals surface area contributed by atoms with E-state index in [1.807, 2.05) is 24.3 Å². The number of halogens is 1. The maximum Gasteiger partial charge on any atom is 0.220 e. The van der Waals surface area contributed by atoms with Crippen LogP contribution in [-0.4, -0.2) is 23.7 Å². The lowest BCUT2D eigenvalue weighted by atomic mass is 9.87. The standard InChI is InChI=1S/C16H22BrNO2/c17-14-7-4-12(5-8-14)6-9-16(20)18-11-13-2-1-3-15(19)10-13/h4-5,7-8,13,15,19H,1-3,6,9-11H2,(H,18,20)/t13-,15-/m1/s1. The predicted molar refractivity (Wildman–Crippen MR) is 83.4 cm³/mol. The fourth-order valence-corrected chi connectivity index (χ4v) is 2.97. The molecule has 1 aliphatic carbocycles. The summed E-state index contributed by atoms with van der Waals surface area (Å²) in [5.74, 6) is 0.545. The zero-order valence-electron chi connectivity index (χ0n) is 11.6. The molecule has 4 heteroatoms. The molecule has 1 saturated carbocycles. The minimum atomic E-state index is -0.173. The zero-order chi connectivity index (χ0) is 14.4. The molecule has 0 aliphatic heterocycles. The highest BCUT2D eigenvalue weighted by molar-refractivity contribution is 9.10. The minimum absolute atomic E-state index is 0.105. The number of nitrogens with one attached hydrogen (secondary N) is 1. The summed E-state index contributed by atoms with van der Waals surface area (Å²) >= 11 is 3.40. The van der Waals surface area contributed by atoms with Crippen LogP contribution in [0.2, 0.25) is 0 Å². The number of hydrogen-bond donors (Lipinski definition) is 2. The second-order valence-corrected chi connectivity index (χ2v) is 6.53. The Bertz CT molecular complexity index is 433. The molecule has 0 bridgehead atoms. The van der Waals surface area contributed by atoms with E-state index < -0.39 is 0 Å². The molecule has 110 valence electrons. The van der Waals surface area contributed by atoms with Crippen LogP contribution in [0.1, 0.15) is 37.7 Å². The summed E-state index contributed by atoms with van der Waals surface area (Å²) in [6, 6.07) is 8.07. The van der Waals surface area contributed by atoms with Crippen LogP contribution in [0.3, 0.4) is 0 Å². The Morgan fingerprint density at radius 1 is 1.30 bits per heavy atom. The lowest BCUT2D eigenvalue weighted by Crippen LogP contribution is -2.33. The van der Waals surface area contributed by atoms with Gasteiger partial charge in [0.1, 0.15) is 0 Å². The van der Waals surface area contributed by atoms with Gasteiger partial charge in [0, 0.05) is 17.4 Å². The summed E-state index contributed by atoms with van der Waals surface area (Å²) in [6.07, 6.45) is 5.04. The molecule has 0 radical (unpaired) electrons. The van der Waals surface area contributed by atoms with E-state index in [1.165, 1.54) is 5.56 Å². The molecule has 0 unspecified atom stereocenters. The van der Waals surface area contributed by atoms with Crippen LogP contribution in [0.4, 0.5) is 0 Å². The molecule has 1 aliphatic rings. The predicted octanol–water partition coefficient (Wildman–Crippen LogP) is 3.05. The number of carbonyl (C=O) groups is 1. The number of hydrogen-bond acceptors (Lipinski definition) is 2. The molecule has 1 amide bonds. The summed E-state index contributed by atoms with van der Waals surface area (Å²) in [5.41, 5.74) is 1.18. The smallest absolute Gasteiger partial charge is 0.220 e. The third-order valence-corrected chi connectivity index (χ3v) is 4.43. The van der Waals surface area contributed by atoms with Crippen molar-refractivity contribution in [2.75, 3.05) is 6.54 Å². The van der Waals surface area contributed by atoms with Crippen molar-refractivity contribution < 1.29 is 9.90 Å². The quantitative estimate of drug-likeness (QED) is 0.866. The SMILES string of the molecule is O=C(CCc1ccc(Br)cc1)NC[C@@H]1CCC[C@@H](O)C1. The second-order valence-electron chi connectivity index (χ2n) is 5.62. The Morgan fingerprint density at radius 2 is 2.05 bits per heavy atom. The van der Waals surface area contributed by atoms with Gasteiger partial charge in [-0.1, -0.05) is 34.5 Å². The highest BCUT2D eigenvalue weighted by Gasteiger charge is 2.20. The van der Waals surface area contributed by atoms with Gasteiger partial charge in [-0.15, -0.1) is 0 Å². The third-order valence-electron chi connectivity index (χ3n) is 3.90. The van der Waals surface area contributed by atoms with Crippen LogP contribution < -0.4 is 5.32 Å². The van der Waals surface area contributed by atoms with Crippen LogP contribution in [0, 0.1) is 5.92 Å². The Hall–Kier alpha value is -0.870. The number of rotatable bonds is 5. The van der Waals surface area contributed by atoms with Gasteiger partial charge in [-0.25, -0.2) is 0 Å². The number of benzene rings is 1. The monoisotopic (exact) mass is 339 g/mol. The molecule has 0 heterocycles. The van der Waals surface area contributed by atoms with Crippen molar-refractivity contribution in [3.8, 4) is 0 Å². The number of aliphatic hydroxyl groups excluding tert-OH is 1. The van der Waals surface area contributed by atoms with E-state index in [1.54, 1.807) is 0 Å². The fraction of sp³-hybridized carbons (Fsp3) is 0.562. The average Bonchev–Trinajstić information content (AvgIpc) is 2.45. The third kappa shape index (κ3) is 5.25. The molecule has 2 N–H and O–H groups in total. The van der Waals surface area contributed by atoms with Crippen molar-refractivity contribution >= 4 is 21.8 Å². The molecular formula is C16H22BrNO2. The summed E-state index contributed by atoms with van der Waals surface area (Å²) < 4.78 is 1.06. The van der Waals surface area contributed by atoms with Crippen molar-refractivity contribution in [2.24, 2.45) is 5.92 Å². The number of carbonyl (C=O) groups excluding carboxylic acids is 1. The first-order valence-corrected chi connectivity index (χ1v) is 8.12. The van der Waals surface area contributed by atoms with Gasteiger partial charge < -0.3 is 10.4 Å². The largest absolute Gasteiger partial charge is 0.393 e. The average molecular weight is 340 g/mol. The van der Waals surface area contributed by atoms with Gasteiger partial charge in [0.15, 0.2) is 0 Å². The Kier molecular flexibility index (Phi) is 6.05. The van der Waals surface area contributed by atoms with Gasteiger partial charge in [-0.05, 0) is 49.3 Å². The van der Waals surface area contributed by atoms with Crippen molar-refractivity contribution in [3.63, 3.8) is 0 Å². The van der Waals surface area contributed by atoms with Crippen LogP contribution in [0.15, 0.2) is 28.7 Å². The molecule has 1 aromatic carbocycles. The lowest BCUT2D eigenvalue weighted by Gasteiger charge is -2.25. The topological polar surface area (TPSA) is 49.3 Å². The lowest BCUT2D eigenvalue weighted by molar-refractivity contribution is -0.121. The van der Waals surface area contributed by atoms with E-state index in [2.05, 4.69) is 21.2 Å². The van der Waals surface area contributed by atoms with Gasteiger partial charge in [0.25, 0.3) is 0 Å². The number of amides is 1. The summed E-state index contributed by atoms with van der Waals surface area (Å²) in [6.45, 7) is 0.705. The Labute approximate surface area is 128 Å². The molecule has 0 aromatic heterocycles. The second kappa shape index (κ2) is 7.79. The molecule has 0 spiro atoms. The normalized spacial score (nSPS) is 22.5. The molecular weight excluding hydrogens is 318 g/mol. The first-order valence-electron chi connectivity index (χ1n) is 7.32. The summed E-state index contributed by atoms with van der Waals surface area (Å²) in [4.78, 5) is 11.8. The van der Waals surface area contributed by atoms with Crippen molar-refractivity contribution in [3.05, 3.63) is 34.3 Å². The number of aryl methyl sites for hydroxylation is 1. The molecule has 2 atom stereocenters. The van der Waals surface area contributed by atoms with Gasteiger partial charge in [-0.2, -0.15) is 0 Å². The van der Waals surface area contributed by atoms with Gasteiger partial charge in [-0.3, -0.25) is 4.79 Å². The van der Waals surface area contributed by atoms with Crippen LogP contribution in [0.5, 0.6) is 0 Å². The molecule has 1 fully saturated rings. The van der Waals surface area contributed by atoms with E-state index in [-0.39, 0.29) is 12.0 Å². The molecule has 20 heavy (non-hydrogen) atoms. The summed E-state index contributed by atoms with van der Waals surface area (Å²) in [7, 11) is 0. The van der Waals surface area contributed by atoms with Crippen LogP contribution in [0.25, 0.3) is 0 Å². The zero-order valence-corrected chi connectivity index (χ0v) is 13.2. The van der Waals surface area contributed by atoms with E-state index >= 15 is 0 Å². The first-order chi connectivity index (χ1) is 9.63. The fourth-order valence-electron chi connectivity index (χ4n) is 2.70. The summed E-state index contributed by atoms with van der Waals surface area (Å²) in [5, 5.41) is 12.6. The molecule has 0 saturated heterocycles. The van der Waals surface area contributed by atoms with E-state index in [9.17, 15) is 9.90 Å². The van der Waals surface area contributed by atoms with Crippen molar-refractivity contribution in [1.82, 2.24) is 5.32 Å². The maximum absolute atomic E-state index is 11.8. The Morgan fingerprint density at radius 3 is 2.75 bits per heavy atom. The van der Waals surface area contributed by atoms with Crippen molar-refractivity contribution in [2.45, 2.75) is 44.6 Å². The van der Waals surface area contributed by atoms with Gasteiger partial charge in [0.05, 0.1) is 6.10 Å². The van der Waals surface area contributed by atoms with Crippen LogP contribution >= 0.6 is 15.9 Å². The first kappa shape index (κ1) is 15.5. The van der Waals surface area contributed by atoms with E-state index in [4.69, 9.17) is 0 Å². The Balaban J connectivity index is 1.66. The minimum Gasteiger partial charge on any atom is -0.393 e. The van der Waals surface area contributed by atoms with Gasteiger partial charge in [0.2, 0.25) is 5.91 Å². The molecule has 2 rings (SSSR count).